The molecule has 2 N–H and O–H groups in total. The first kappa shape index (κ1) is 17.9. The maximum Gasteiger partial charge on any atom is 0.257 e. The largest absolute Gasteiger partial charge is 0.507 e. The molecule has 0 spiro atoms. The lowest BCUT2D eigenvalue weighted by Crippen LogP contribution is -2.08. The molecule has 5 rings (SSSR count). The molecule has 0 fully saturated rings. The maximum atomic E-state index is 12.7. The molecule has 0 unspecified atom stereocenters. The Morgan fingerprint density at radius 3 is 2.03 bits per heavy atom. The van der Waals surface area contributed by atoms with Gasteiger partial charge in [0.15, 0.2) is 0 Å². The van der Waals surface area contributed by atoms with E-state index in [1.54, 1.807) is 18.3 Å². The molecule has 144 valence electrons. The molecule has 5 aromatic rings. The van der Waals surface area contributed by atoms with Gasteiger partial charge in [-0.3, -0.25) is 4.79 Å². The summed E-state index contributed by atoms with van der Waals surface area (Å²) in [5.41, 5.74) is 5.26. The average Bonchev–Trinajstić information content (AvgIpc) is 2.80. The molecule has 0 atom stereocenters. The minimum Gasteiger partial charge on any atom is -0.507 e. The highest BCUT2D eigenvalue weighted by Crippen LogP contribution is 2.37. The smallest absolute Gasteiger partial charge is 0.257 e. The van der Waals surface area contributed by atoms with Gasteiger partial charge in [-0.15, -0.1) is 0 Å². The fourth-order valence-corrected chi connectivity index (χ4v) is 3.74. The van der Waals surface area contributed by atoms with Crippen molar-refractivity contribution in [3.05, 3.63) is 108 Å². The van der Waals surface area contributed by atoms with E-state index < -0.39 is 0 Å². The van der Waals surface area contributed by atoms with Crippen molar-refractivity contribution in [2.45, 2.75) is 0 Å². The molecular formula is C26H18N2O2. The number of aromatic nitrogens is 2. The number of phenolic OH excluding ortho intramolecular Hbond substituents is 1. The van der Waals surface area contributed by atoms with Gasteiger partial charge in [0.2, 0.25) is 0 Å². The van der Waals surface area contributed by atoms with E-state index in [1.165, 1.54) is 0 Å². The van der Waals surface area contributed by atoms with Crippen molar-refractivity contribution in [2.24, 2.45) is 0 Å². The molecule has 0 saturated heterocycles. The summed E-state index contributed by atoms with van der Waals surface area (Å²) >= 11 is 0. The van der Waals surface area contributed by atoms with Crippen molar-refractivity contribution in [1.29, 1.82) is 0 Å². The number of rotatable bonds is 3. The molecular weight excluding hydrogens is 372 g/mol. The molecule has 0 amide bonds. The van der Waals surface area contributed by atoms with Gasteiger partial charge in [0.1, 0.15) is 5.75 Å². The third kappa shape index (κ3) is 3.05. The summed E-state index contributed by atoms with van der Waals surface area (Å²) in [6, 6.07) is 28.8. The van der Waals surface area contributed by atoms with E-state index >= 15 is 0 Å². The number of pyridine rings is 2. The summed E-state index contributed by atoms with van der Waals surface area (Å²) in [4.78, 5) is 20.5. The van der Waals surface area contributed by atoms with E-state index in [-0.39, 0.29) is 11.3 Å². The van der Waals surface area contributed by atoms with Crippen molar-refractivity contribution in [3.63, 3.8) is 0 Å². The van der Waals surface area contributed by atoms with E-state index in [4.69, 9.17) is 4.98 Å². The van der Waals surface area contributed by atoms with Crippen LogP contribution in [0.4, 0.5) is 0 Å². The molecule has 0 aliphatic carbocycles. The number of hydrogen-bond donors (Lipinski definition) is 2. The zero-order chi connectivity index (χ0) is 20.5. The normalized spacial score (nSPS) is 10.9. The number of aromatic hydroxyl groups is 1. The highest BCUT2D eigenvalue weighted by molar-refractivity contribution is 5.99. The van der Waals surface area contributed by atoms with Crippen LogP contribution in [-0.2, 0) is 0 Å². The first-order valence-electron chi connectivity index (χ1n) is 9.68. The Bertz CT molecular complexity index is 1410. The predicted molar refractivity (Wildman–Crippen MR) is 120 cm³/mol. The third-order valence-corrected chi connectivity index (χ3v) is 5.20. The predicted octanol–water partition coefficient (Wildman–Crippen LogP) is 5.63. The number of phenols is 1. The molecule has 3 aromatic carbocycles. The molecule has 0 aliphatic heterocycles. The summed E-state index contributed by atoms with van der Waals surface area (Å²) < 4.78 is 0. The van der Waals surface area contributed by atoms with Crippen LogP contribution in [0, 0.1) is 0 Å². The SMILES string of the molecule is O=c1[nH]cc(-c2ccccc2O)c2nc(-c3ccccc3)c(-c3ccccc3)cc12. The molecule has 30 heavy (non-hydrogen) atoms. The van der Waals surface area contributed by atoms with Crippen LogP contribution >= 0.6 is 0 Å². The Morgan fingerprint density at radius 1 is 0.700 bits per heavy atom. The molecule has 2 aromatic heterocycles. The van der Waals surface area contributed by atoms with Gasteiger partial charge in [0.05, 0.1) is 16.6 Å². The Balaban J connectivity index is 1.89. The Hall–Kier alpha value is -4.18. The van der Waals surface area contributed by atoms with Crippen LogP contribution in [0.5, 0.6) is 5.75 Å². The summed E-state index contributed by atoms with van der Waals surface area (Å²) in [5.74, 6) is 0.140. The lowest BCUT2D eigenvalue weighted by Gasteiger charge is -2.14. The molecule has 4 heteroatoms. The van der Waals surface area contributed by atoms with Crippen LogP contribution in [0.2, 0.25) is 0 Å². The first-order valence-corrected chi connectivity index (χ1v) is 9.68. The highest BCUT2D eigenvalue weighted by Gasteiger charge is 2.17. The van der Waals surface area contributed by atoms with Crippen molar-refractivity contribution >= 4 is 10.9 Å². The van der Waals surface area contributed by atoms with Gasteiger partial charge in [-0.2, -0.15) is 0 Å². The summed E-state index contributed by atoms with van der Waals surface area (Å²) in [6.45, 7) is 0. The lowest BCUT2D eigenvalue weighted by atomic mass is 9.96. The monoisotopic (exact) mass is 390 g/mol. The Kier molecular flexibility index (Phi) is 4.37. The summed E-state index contributed by atoms with van der Waals surface area (Å²) in [6.07, 6.45) is 1.61. The number of fused-ring (bicyclic) bond motifs is 1. The zero-order valence-electron chi connectivity index (χ0n) is 16.0. The molecule has 2 heterocycles. The Labute approximate surface area is 173 Å². The number of benzene rings is 3. The van der Waals surface area contributed by atoms with Gasteiger partial charge in [0.25, 0.3) is 5.56 Å². The van der Waals surface area contributed by atoms with Gasteiger partial charge >= 0.3 is 0 Å². The molecule has 0 bridgehead atoms. The van der Waals surface area contributed by atoms with Gasteiger partial charge in [0, 0.05) is 28.5 Å². The van der Waals surface area contributed by atoms with Gasteiger partial charge < -0.3 is 10.1 Å². The van der Waals surface area contributed by atoms with Crippen molar-refractivity contribution in [1.82, 2.24) is 9.97 Å². The van der Waals surface area contributed by atoms with E-state index in [2.05, 4.69) is 4.98 Å². The van der Waals surface area contributed by atoms with Crippen molar-refractivity contribution in [3.8, 4) is 39.3 Å². The number of H-pyrrole nitrogens is 1. The van der Waals surface area contributed by atoms with E-state index in [9.17, 15) is 9.90 Å². The lowest BCUT2D eigenvalue weighted by molar-refractivity contribution is 0.477. The average molecular weight is 390 g/mol. The van der Waals surface area contributed by atoms with E-state index in [1.807, 2.05) is 78.9 Å². The second-order valence-corrected chi connectivity index (χ2v) is 7.06. The first-order chi connectivity index (χ1) is 14.7. The summed E-state index contributed by atoms with van der Waals surface area (Å²) in [7, 11) is 0. The molecule has 0 radical (unpaired) electrons. The molecule has 0 saturated carbocycles. The van der Waals surface area contributed by atoms with E-state index in [0.29, 0.717) is 22.0 Å². The highest BCUT2D eigenvalue weighted by atomic mass is 16.3. The van der Waals surface area contributed by atoms with Crippen molar-refractivity contribution in [2.75, 3.05) is 0 Å². The number of hydrogen-bond acceptors (Lipinski definition) is 3. The second kappa shape index (κ2) is 7.33. The van der Waals surface area contributed by atoms with Gasteiger partial charge in [-0.25, -0.2) is 4.98 Å². The fraction of sp³-hybridized carbons (Fsp3) is 0. The zero-order valence-corrected chi connectivity index (χ0v) is 16.0. The number of nitrogens with zero attached hydrogens (tertiary/aromatic N) is 1. The molecule has 4 nitrogen and oxygen atoms in total. The van der Waals surface area contributed by atoms with Crippen LogP contribution in [0.25, 0.3) is 44.4 Å². The minimum atomic E-state index is -0.214. The van der Waals surface area contributed by atoms with Crippen LogP contribution < -0.4 is 5.56 Å². The fourth-order valence-electron chi connectivity index (χ4n) is 3.74. The number of aromatic amines is 1. The summed E-state index contributed by atoms with van der Waals surface area (Å²) in [5, 5.41) is 10.9. The van der Waals surface area contributed by atoms with Crippen LogP contribution in [0.15, 0.2) is 102 Å². The van der Waals surface area contributed by atoms with Crippen LogP contribution in [-0.4, -0.2) is 15.1 Å². The van der Waals surface area contributed by atoms with Crippen LogP contribution in [0.3, 0.4) is 0 Å². The van der Waals surface area contributed by atoms with E-state index in [0.717, 1.165) is 22.4 Å². The van der Waals surface area contributed by atoms with Crippen LogP contribution in [0.1, 0.15) is 0 Å². The minimum absolute atomic E-state index is 0.140. The number of para-hydroxylation sites is 1. The van der Waals surface area contributed by atoms with Gasteiger partial charge in [-0.05, 0) is 17.7 Å². The number of nitrogens with one attached hydrogen (secondary N) is 1. The standard InChI is InChI=1S/C26H18N2O2/c29-23-14-8-7-13-19(23)22-16-27-26(30)21-15-20(17-9-3-1-4-10-17)24(28-25(21)22)18-11-5-2-6-12-18/h1-16,29H,(H,27,30). The van der Waals surface area contributed by atoms with Crippen molar-refractivity contribution < 1.29 is 5.11 Å². The molecule has 0 aliphatic rings. The quantitative estimate of drug-likeness (QED) is 0.420. The Morgan fingerprint density at radius 2 is 1.33 bits per heavy atom. The maximum absolute atomic E-state index is 12.7. The third-order valence-electron chi connectivity index (χ3n) is 5.20. The topological polar surface area (TPSA) is 66.0 Å². The van der Waals surface area contributed by atoms with Gasteiger partial charge in [-0.1, -0.05) is 78.9 Å². The second-order valence-electron chi connectivity index (χ2n) is 7.06.